The van der Waals surface area contributed by atoms with Gasteiger partial charge in [0.15, 0.2) is 0 Å². The van der Waals surface area contributed by atoms with Crippen LogP contribution < -0.4 is 0 Å². The predicted octanol–water partition coefficient (Wildman–Crippen LogP) is 2.71. The maximum Gasteiger partial charge on any atom is 0.0914 e. The summed E-state index contributed by atoms with van der Waals surface area (Å²) < 4.78 is 0. The smallest absolute Gasteiger partial charge is 0.0914 e. The number of thioether (sulfide) groups is 1. The predicted molar refractivity (Wildman–Crippen MR) is 61.6 cm³/mol. The number of aliphatic hydroxyl groups is 1. The van der Waals surface area contributed by atoms with Gasteiger partial charge >= 0.3 is 0 Å². The van der Waals surface area contributed by atoms with E-state index in [9.17, 15) is 5.11 Å². The molecule has 1 aromatic rings. The van der Waals surface area contributed by atoms with Crippen LogP contribution in [-0.2, 0) is 5.60 Å². The van der Waals surface area contributed by atoms with Gasteiger partial charge in [0.05, 0.1) is 5.60 Å². The molecule has 1 heterocycles. The quantitative estimate of drug-likeness (QED) is 0.765. The van der Waals surface area contributed by atoms with Crippen LogP contribution in [0.1, 0.15) is 24.0 Å². The van der Waals surface area contributed by atoms with E-state index in [2.05, 4.69) is 19.1 Å². The van der Waals surface area contributed by atoms with Crippen molar-refractivity contribution in [2.75, 3.05) is 11.5 Å². The zero-order valence-corrected chi connectivity index (χ0v) is 9.31. The fraction of sp³-hybridized carbons (Fsp3) is 0.500. The molecule has 14 heavy (non-hydrogen) atoms. The van der Waals surface area contributed by atoms with Crippen molar-refractivity contribution in [3.63, 3.8) is 0 Å². The summed E-state index contributed by atoms with van der Waals surface area (Å²) in [6.45, 7) is 2.08. The first kappa shape index (κ1) is 10.1. The highest BCUT2D eigenvalue weighted by molar-refractivity contribution is 7.99. The molecule has 0 saturated carbocycles. The molecule has 0 spiro atoms. The van der Waals surface area contributed by atoms with E-state index in [1.54, 1.807) is 0 Å². The molecule has 2 rings (SSSR count). The third kappa shape index (κ3) is 1.82. The summed E-state index contributed by atoms with van der Waals surface area (Å²) in [6.07, 6.45) is 1.78. The fourth-order valence-corrected chi connectivity index (χ4v) is 3.24. The Morgan fingerprint density at radius 1 is 1.21 bits per heavy atom. The molecular formula is C12H16OS. The number of hydrogen-bond acceptors (Lipinski definition) is 2. The molecule has 2 heteroatoms. The van der Waals surface area contributed by atoms with Gasteiger partial charge in [0.2, 0.25) is 0 Å². The van der Waals surface area contributed by atoms with Crippen LogP contribution >= 0.6 is 11.8 Å². The van der Waals surface area contributed by atoms with E-state index in [1.807, 2.05) is 23.9 Å². The molecule has 0 bridgehead atoms. The average molecular weight is 208 g/mol. The van der Waals surface area contributed by atoms with E-state index >= 15 is 0 Å². The lowest BCUT2D eigenvalue weighted by Gasteiger charge is -2.33. The van der Waals surface area contributed by atoms with Crippen LogP contribution in [0, 0.1) is 6.92 Å². The summed E-state index contributed by atoms with van der Waals surface area (Å²) >= 11 is 1.94. The van der Waals surface area contributed by atoms with Crippen molar-refractivity contribution in [1.82, 2.24) is 0 Å². The van der Waals surface area contributed by atoms with E-state index in [-0.39, 0.29) is 0 Å². The van der Waals surface area contributed by atoms with Gasteiger partial charge in [-0.05, 0) is 42.4 Å². The minimum Gasteiger partial charge on any atom is -0.385 e. The first-order chi connectivity index (χ1) is 6.72. The Kier molecular flexibility index (Phi) is 2.84. The Bertz CT molecular complexity index is 316. The van der Waals surface area contributed by atoms with Crippen molar-refractivity contribution < 1.29 is 5.11 Å². The molecule has 0 aliphatic carbocycles. The van der Waals surface area contributed by atoms with Crippen molar-refractivity contribution in [3.8, 4) is 0 Å². The van der Waals surface area contributed by atoms with Crippen LogP contribution in [0.4, 0.5) is 0 Å². The first-order valence-corrected chi connectivity index (χ1v) is 6.24. The van der Waals surface area contributed by atoms with Crippen LogP contribution in [0.5, 0.6) is 0 Å². The lowest BCUT2D eigenvalue weighted by atomic mass is 9.85. The van der Waals surface area contributed by atoms with Crippen LogP contribution in [-0.4, -0.2) is 16.6 Å². The highest BCUT2D eigenvalue weighted by Crippen LogP contribution is 2.36. The lowest BCUT2D eigenvalue weighted by molar-refractivity contribution is 0.0275. The summed E-state index contributed by atoms with van der Waals surface area (Å²) in [4.78, 5) is 0. The Morgan fingerprint density at radius 3 is 2.50 bits per heavy atom. The topological polar surface area (TPSA) is 20.2 Å². The van der Waals surface area contributed by atoms with E-state index in [0.29, 0.717) is 0 Å². The second-order valence-corrected chi connectivity index (χ2v) is 5.18. The minimum atomic E-state index is -0.559. The average Bonchev–Trinajstić information content (AvgIpc) is 2.19. The van der Waals surface area contributed by atoms with Gasteiger partial charge in [-0.1, -0.05) is 24.3 Å². The second-order valence-electron chi connectivity index (χ2n) is 3.96. The largest absolute Gasteiger partial charge is 0.385 e. The molecule has 76 valence electrons. The monoisotopic (exact) mass is 208 g/mol. The molecule has 0 atom stereocenters. The molecule has 0 radical (unpaired) electrons. The van der Waals surface area contributed by atoms with Crippen molar-refractivity contribution in [1.29, 1.82) is 0 Å². The van der Waals surface area contributed by atoms with E-state index < -0.39 is 5.60 Å². The Balaban J connectivity index is 2.32. The van der Waals surface area contributed by atoms with Crippen molar-refractivity contribution in [2.24, 2.45) is 0 Å². The van der Waals surface area contributed by atoms with E-state index in [1.165, 1.54) is 5.56 Å². The Morgan fingerprint density at radius 2 is 1.86 bits per heavy atom. The van der Waals surface area contributed by atoms with Gasteiger partial charge in [0.1, 0.15) is 0 Å². The summed E-state index contributed by atoms with van der Waals surface area (Å²) in [5.41, 5.74) is 1.78. The summed E-state index contributed by atoms with van der Waals surface area (Å²) in [5.74, 6) is 2.15. The number of rotatable bonds is 1. The molecule has 1 fully saturated rings. The van der Waals surface area contributed by atoms with Gasteiger partial charge in [0, 0.05) is 0 Å². The van der Waals surface area contributed by atoms with Crippen LogP contribution in [0.25, 0.3) is 0 Å². The summed E-state index contributed by atoms with van der Waals surface area (Å²) in [7, 11) is 0. The van der Waals surface area contributed by atoms with Gasteiger partial charge in [-0.2, -0.15) is 11.8 Å². The SMILES string of the molecule is Cc1ccccc1C1(O)CCSCC1. The molecule has 0 aromatic heterocycles. The maximum atomic E-state index is 10.5. The maximum absolute atomic E-state index is 10.5. The zero-order chi connectivity index (χ0) is 10.0. The zero-order valence-electron chi connectivity index (χ0n) is 8.49. The minimum absolute atomic E-state index is 0.559. The number of benzene rings is 1. The summed E-state index contributed by atoms with van der Waals surface area (Å²) in [5, 5.41) is 10.5. The standard InChI is InChI=1S/C12H16OS/c1-10-4-2-3-5-11(10)12(13)6-8-14-9-7-12/h2-5,13H,6-9H2,1H3. The van der Waals surface area contributed by atoms with Crippen molar-refractivity contribution >= 4 is 11.8 Å². The third-order valence-corrected chi connectivity index (χ3v) is 3.95. The van der Waals surface area contributed by atoms with Crippen LogP contribution in [0.3, 0.4) is 0 Å². The molecule has 1 aliphatic rings. The molecular weight excluding hydrogens is 192 g/mol. The Labute approximate surface area is 89.5 Å². The molecule has 1 aromatic carbocycles. The molecule has 0 amide bonds. The Hall–Kier alpha value is -0.470. The molecule has 1 N–H and O–H groups in total. The second kappa shape index (κ2) is 3.95. The van der Waals surface area contributed by atoms with Gasteiger partial charge in [0.25, 0.3) is 0 Å². The van der Waals surface area contributed by atoms with Crippen LogP contribution in [0.2, 0.25) is 0 Å². The highest BCUT2D eigenvalue weighted by atomic mass is 32.2. The molecule has 1 aliphatic heterocycles. The number of aryl methyl sites for hydroxylation is 1. The van der Waals surface area contributed by atoms with Gasteiger partial charge in [-0.3, -0.25) is 0 Å². The van der Waals surface area contributed by atoms with Crippen LogP contribution in [0.15, 0.2) is 24.3 Å². The third-order valence-electron chi connectivity index (χ3n) is 2.97. The normalized spacial score (nSPS) is 20.7. The highest BCUT2D eigenvalue weighted by Gasteiger charge is 2.32. The number of hydrogen-bond donors (Lipinski definition) is 1. The first-order valence-electron chi connectivity index (χ1n) is 5.09. The lowest BCUT2D eigenvalue weighted by Crippen LogP contribution is -2.31. The van der Waals surface area contributed by atoms with Gasteiger partial charge in [-0.25, -0.2) is 0 Å². The van der Waals surface area contributed by atoms with E-state index in [4.69, 9.17) is 0 Å². The van der Waals surface area contributed by atoms with Crippen molar-refractivity contribution in [2.45, 2.75) is 25.4 Å². The molecule has 0 unspecified atom stereocenters. The van der Waals surface area contributed by atoms with Gasteiger partial charge < -0.3 is 5.11 Å². The molecule has 1 nitrogen and oxygen atoms in total. The van der Waals surface area contributed by atoms with Gasteiger partial charge in [-0.15, -0.1) is 0 Å². The van der Waals surface area contributed by atoms with Crippen molar-refractivity contribution in [3.05, 3.63) is 35.4 Å². The fourth-order valence-electron chi connectivity index (χ4n) is 2.07. The molecule has 1 saturated heterocycles. The van der Waals surface area contributed by atoms with E-state index in [0.717, 1.165) is 29.9 Å². The summed E-state index contributed by atoms with van der Waals surface area (Å²) in [6, 6.07) is 8.18.